The highest BCUT2D eigenvalue weighted by molar-refractivity contribution is 5.93. The Morgan fingerprint density at radius 1 is 1.23 bits per heavy atom. The third-order valence-corrected chi connectivity index (χ3v) is 5.30. The smallest absolute Gasteiger partial charge is 0.289 e. The van der Waals surface area contributed by atoms with Gasteiger partial charge in [0.25, 0.3) is 5.91 Å². The quantitative estimate of drug-likeness (QED) is 0.853. The van der Waals surface area contributed by atoms with E-state index in [1.54, 1.807) is 6.26 Å². The van der Waals surface area contributed by atoms with Crippen molar-refractivity contribution < 1.29 is 9.21 Å². The van der Waals surface area contributed by atoms with Crippen LogP contribution in [0.1, 0.15) is 35.0 Å². The van der Waals surface area contributed by atoms with E-state index in [-0.39, 0.29) is 5.91 Å². The molecule has 1 aromatic heterocycles. The van der Waals surface area contributed by atoms with Gasteiger partial charge in [0.05, 0.1) is 6.26 Å². The molecule has 1 aromatic rings. The minimum absolute atomic E-state index is 0.0558. The molecule has 0 aliphatic carbocycles. The summed E-state index contributed by atoms with van der Waals surface area (Å²) in [7, 11) is 0. The molecule has 0 saturated carbocycles. The van der Waals surface area contributed by atoms with Crippen molar-refractivity contribution in [2.75, 3.05) is 45.8 Å². The molecule has 2 aliphatic rings. The summed E-state index contributed by atoms with van der Waals surface area (Å²) in [5, 5.41) is 0. The lowest BCUT2D eigenvalue weighted by atomic mass is 10.2. The van der Waals surface area contributed by atoms with E-state index in [0.29, 0.717) is 11.8 Å². The number of carbonyl (C=O) groups excluding carboxylic acids is 1. The number of carbonyl (C=O) groups is 1. The van der Waals surface area contributed by atoms with Crippen molar-refractivity contribution in [2.24, 2.45) is 0 Å². The van der Waals surface area contributed by atoms with E-state index >= 15 is 0 Å². The highest BCUT2D eigenvalue weighted by Crippen LogP contribution is 2.22. The number of likely N-dealkylation sites (N-methyl/N-ethyl adjacent to an activating group) is 1. The molecule has 22 heavy (non-hydrogen) atoms. The van der Waals surface area contributed by atoms with E-state index in [0.717, 1.165) is 63.4 Å². The van der Waals surface area contributed by atoms with Crippen LogP contribution >= 0.6 is 0 Å². The molecule has 5 heteroatoms. The zero-order valence-corrected chi connectivity index (χ0v) is 14.0. The Bertz CT molecular complexity index is 532. The Balaban J connectivity index is 1.58. The fourth-order valence-corrected chi connectivity index (χ4v) is 3.53. The summed E-state index contributed by atoms with van der Waals surface area (Å²) >= 11 is 0. The fraction of sp³-hybridized carbons (Fsp3) is 0.706. The molecule has 1 amide bonds. The first-order valence-electron chi connectivity index (χ1n) is 8.40. The van der Waals surface area contributed by atoms with Crippen molar-refractivity contribution in [3.8, 4) is 0 Å². The molecule has 0 radical (unpaired) electrons. The first kappa shape index (κ1) is 15.6. The Morgan fingerprint density at radius 2 is 1.95 bits per heavy atom. The average Bonchev–Trinajstić information content (AvgIpc) is 3.15. The molecule has 2 fully saturated rings. The van der Waals surface area contributed by atoms with Crippen LogP contribution in [0.25, 0.3) is 0 Å². The minimum Gasteiger partial charge on any atom is -0.459 e. The van der Waals surface area contributed by atoms with E-state index < -0.39 is 0 Å². The van der Waals surface area contributed by atoms with E-state index in [2.05, 4.69) is 16.7 Å². The Labute approximate surface area is 132 Å². The molecule has 1 unspecified atom stereocenters. The summed E-state index contributed by atoms with van der Waals surface area (Å²) in [6, 6.07) is 0.513. The van der Waals surface area contributed by atoms with Crippen molar-refractivity contribution in [1.29, 1.82) is 0 Å². The normalized spacial score (nSPS) is 24.1. The van der Waals surface area contributed by atoms with Crippen LogP contribution in [0.3, 0.4) is 0 Å². The van der Waals surface area contributed by atoms with Crippen LogP contribution in [0.5, 0.6) is 0 Å². The topological polar surface area (TPSA) is 39.9 Å². The molecule has 2 saturated heterocycles. The maximum Gasteiger partial charge on any atom is 0.289 e. The van der Waals surface area contributed by atoms with Crippen molar-refractivity contribution >= 4 is 5.91 Å². The van der Waals surface area contributed by atoms with Crippen LogP contribution in [0, 0.1) is 13.8 Å². The van der Waals surface area contributed by atoms with Crippen molar-refractivity contribution in [3.63, 3.8) is 0 Å². The molecule has 0 spiro atoms. The van der Waals surface area contributed by atoms with Crippen LogP contribution in [-0.2, 0) is 0 Å². The van der Waals surface area contributed by atoms with Gasteiger partial charge in [0.15, 0.2) is 5.76 Å². The number of aryl methyl sites for hydroxylation is 1. The number of hydrogen-bond donors (Lipinski definition) is 0. The molecule has 0 N–H and O–H groups in total. The van der Waals surface area contributed by atoms with Crippen molar-refractivity contribution in [3.05, 3.63) is 23.2 Å². The molecule has 1 atom stereocenters. The van der Waals surface area contributed by atoms with E-state index in [1.807, 2.05) is 18.7 Å². The second kappa shape index (κ2) is 6.42. The molecule has 122 valence electrons. The van der Waals surface area contributed by atoms with Gasteiger partial charge in [0, 0.05) is 50.9 Å². The zero-order valence-electron chi connectivity index (χ0n) is 14.0. The molecule has 2 aliphatic heterocycles. The Kier molecular flexibility index (Phi) is 4.54. The molecular formula is C17H27N3O2. The second-order valence-corrected chi connectivity index (χ2v) is 6.54. The number of piperazine rings is 1. The van der Waals surface area contributed by atoms with Crippen LogP contribution in [-0.4, -0.2) is 72.5 Å². The summed E-state index contributed by atoms with van der Waals surface area (Å²) in [6.45, 7) is 13.5. The van der Waals surface area contributed by atoms with Crippen LogP contribution in [0.4, 0.5) is 0 Å². The number of hydrogen-bond acceptors (Lipinski definition) is 4. The van der Waals surface area contributed by atoms with Crippen molar-refractivity contribution in [1.82, 2.24) is 14.7 Å². The maximum absolute atomic E-state index is 12.6. The number of furan rings is 1. The highest BCUT2D eigenvalue weighted by Gasteiger charge is 2.33. The van der Waals surface area contributed by atoms with Gasteiger partial charge in [0.1, 0.15) is 0 Å². The van der Waals surface area contributed by atoms with E-state index in [9.17, 15) is 4.79 Å². The number of nitrogens with zero attached hydrogens (tertiary/aromatic N) is 3. The van der Waals surface area contributed by atoms with Gasteiger partial charge in [0.2, 0.25) is 0 Å². The van der Waals surface area contributed by atoms with Gasteiger partial charge in [-0.05, 0) is 32.4 Å². The van der Waals surface area contributed by atoms with E-state index in [1.165, 1.54) is 0 Å². The summed E-state index contributed by atoms with van der Waals surface area (Å²) in [5.74, 6) is 0.578. The summed E-state index contributed by atoms with van der Waals surface area (Å²) in [6.07, 6.45) is 2.76. The highest BCUT2D eigenvalue weighted by atomic mass is 16.3. The standard InChI is InChI=1S/C17H27N3O2/c1-4-18-7-9-19(10-8-18)15-5-6-20(11-15)17(21)16-14(3)13(2)12-22-16/h12,15H,4-11H2,1-3H3. The zero-order chi connectivity index (χ0) is 15.7. The number of likely N-dealkylation sites (tertiary alicyclic amines) is 1. The lowest BCUT2D eigenvalue weighted by molar-refractivity contribution is 0.0716. The second-order valence-electron chi connectivity index (χ2n) is 6.54. The molecule has 3 heterocycles. The van der Waals surface area contributed by atoms with Gasteiger partial charge in [-0.2, -0.15) is 0 Å². The van der Waals surface area contributed by atoms with Gasteiger partial charge < -0.3 is 14.2 Å². The molecule has 3 rings (SSSR count). The Hall–Kier alpha value is -1.33. The van der Waals surface area contributed by atoms with Gasteiger partial charge in [-0.1, -0.05) is 6.92 Å². The average molecular weight is 305 g/mol. The lowest BCUT2D eigenvalue weighted by Gasteiger charge is -2.37. The van der Waals surface area contributed by atoms with E-state index in [4.69, 9.17) is 4.42 Å². The molecule has 5 nitrogen and oxygen atoms in total. The molecular weight excluding hydrogens is 278 g/mol. The minimum atomic E-state index is 0.0558. The van der Waals surface area contributed by atoms with Gasteiger partial charge in [-0.3, -0.25) is 9.69 Å². The monoisotopic (exact) mass is 305 g/mol. The molecule has 0 bridgehead atoms. The maximum atomic E-state index is 12.6. The summed E-state index contributed by atoms with van der Waals surface area (Å²) in [5.41, 5.74) is 2.03. The largest absolute Gasteiger partial charge is 0.459 e. The van der Waals surface area contributed by atoms with Gasteiger partial charge >= 0.3 is 0 Å². The predicted octanol–water partition coefficient (Wildman–Crippen LogP) is 1.75. The third-order valence-electron chi connectivity index (χ3n) is 5.30. The fourth-order valence-electron chi connectivity index (χ4n) is 3.53. The van der Waals surface area contributed by atoms with Crippen LogP contribution in [0.2, 0.25) is 0 Å². The molecule has 0 aromatic carbocycles. The summed E-state index contributed by atoms with van der Waals surface area (Å²) < 4.78 is 5.47. The lowest BCUT2D eigenvalue weighted by Crippen LogP contribution is -2.51. The SMILES string of the molecule is CCN1CCN(C2CCN(C(=O)c3occ(C)c3C)C2)CC1. The van der Waals surface area contributed by atoms with Crippen molar-refractivity contribution in [2.45, 2.75) is 33.2 Å². The third kappa shape index (κ3) is 2.92. The van der Waals surface area contributed by atoms with Gasteiger partial charge in [-0.25, -0.2) is 0 Å². The van der Waals surface area contributed by atoms with Crippen LogP contribution in [0.15, 0.2) is 10.7 Å². The number of rotatable bonds is 3. The number of amides is 1. The summed E-state index contributed by atoms with van der Waals surface area (Å²) in [4.78, 5) is 19.6. The first-order valence-corrected chi connectivity index (χ1v) is 8.40. The van der Waals surface area contributed by atoms with Gasteiger partial charge in [-0.15, -0.1) is 0 Å². The Morgan fingerprint density at radius 3 is 2.55 bits per heavy atom. The van der Waals surface area contributed by atoms with Crippen LogP contribution < -0.4 is 0 Å². The predicted molar refractivity (Wildman–Crippen MR) is 86.2 cm³/mol. The first-order chi connectivity index (χ1) is 10.6.